The van der Waals surface area contributed by atoms with Crippen LogP contribution in [0.2, 0.25) is 10.0 Å². The highest BCUT2D eigenvalue weighted by atomic mass is 35.5. The van der Waals surface area contributed by atoms with Crippen molar-refractivity contribution in [2.45, 2.75) is 6.10 Å². The maximum absolute atomic E-state index is 13.9. The Kier molecular flexibility index (Phi) is 3.89. The van der Waals surface area contributed by atoms with Gasteiger partial charge in [-0.25, -0.2) is 4.39 Å². The molecule has 5 heteroatoms. The molecular weight excluding hydrogens is 312 g/mol. The SMILES string of the molecule is NCC1C=Cc2cc(F)cc(-c3cc(Cl)ccc3Cl)c2O1. The first-order chi connectivity index (χ1) is 10.1. The van der Waals surface area contributed by atoms with Gasteiger partial charge in [0.05, 0.1) is 0 Å². The summed E-state index contributed by atoms with van der Waals surface area (Å²) < 4.78 is 19.7. The Morgan fingerprint density at radius 3 is 2.71 bits per heavy atom. The van der Waals surface area contributed by atoms with Crippen molar-refractivity contribution in [2.75, 3.05) is 6.54 Å². The number of nitrogens with two attached hydrogens (primary N) is 1. The molecule has 0 saturated heterocycles. The second-order valence-electron chi connectivity index (χ2n) is 4.75. The van der Waals surface area contributed by atoms with Crippen LogP contribution in [0.15, 0.2) is 36.4 Å². The van der Waals surface area contributed by atoms with E-state index >= 15 is 0 Å². The van der Waals surface area contributed by atoms with Crippen LogP contribution in [-0.2, 0) is 0 Å². The fraction of sp³-hybridized carbons (Fsp3) is 0.125. The van der Waals surface area contributed by atoms with E-state index in [2.05, 4.69) is 0 Å². The predicted octanol–water partition coefficient (Wildman–Crippen LogP) is 4.53. The summed E-state index contributed by atoms with van der Waals surface area (Å²) in [7, 11) is 0. The molecule has 3 rings (SSSR count). The van der Waals surface area contributed by atoms with Gasteiger partial charge in [-0.3, -0.25) is 0 Å². The molecule has 1 unspecified atom stereocenters. The van der Waals surface area contributed by atoms with Crippen molar-refractivity contribution in [2.24, 2.45) is 5.73 Å². The van der Waals surface area contributed by atoms with E-state index in [-0.39, 0.29) is 11.9 Å². The lowest BCUT2D eigenvalue weighted by atomic mass is 9.99. The molecule has 0 aromatic heterocycles. The predicted molar refractivity (Wildman–Crippen MR) is 84.4 cm³/mol. The molecule has 0 radical (unpaired) electrons. The van der Waals surface area contributed by atoms with Gasteiger partial charge < -0.3 is 10.5 Å². The molecule has 1 aliphatic heterocycles. The number of benzene rings is 2. The van der Waals surface area contributed by atoms with Gasteiger partial charge in [0.2, 0.25) is 0 Å². The third kappa shape index (κ3) is 2.77. The number of rotatable bonds is 2. The standard InChI is InChI=1S/C16H12Cl2FNO/c17-10-2-4-15(18)13(6-10)14-7-11(19)5-9-1-3-12(8-20)21-16(9)14/h1-7,12H,8,20H2. The van der Waals surface area contributed by atoms with Crippen LogP contribution in [0.4, 0.5) is 4.39 Å². The van der Waals surface area contributed by atoms with Gasteiger partial charge in [0.15, 0.2) is 0 Å². The molecule has 0 fully saturated rings. The van der Waals surface area contributed by atoms with Crippen molar-refractivity contribution < 1.29 is 9.13 Å². The van der Waals surface area contributed by atoms with E-state index < -0.39 is 0 Å². The average molecular weight is 324 g/mol. The second-order valence-corrected chi connectivity index (χ2v) is 5.59. The molecule has 0 saturated carbocycles. The van der Waals surface area contributed by atoms with Crippen LogP contribution in [-0.4, -0.2) is 12.6 Å². The van der Waals surface area contributed by atoms with Crippen molar-refractivity contribution in [1.29, 1.82) is 0 Å². The smallest absolute Gasteiger partial charge is 0.135 e. The molecule has 2 N–H and O–H groups in total. The van der Waals surface area contributed by atoms with E-state index in [4.69, 9.17) is 33.7 Å². The molecule has 0 spiro atoms. The molecule has 1 aliphatic rings. The molecular formula is C16H12Cl2FNO. The summed E-state index contributed by atoms with van der Waals surface area (Å²) in [5, 5.41) is 1.00. The van der Waals surface area contributed by atoms with Gasteiger partial charge in [-0.15, -0.1) is 0 Å². The molecule has 0 bridgehead atoms. The number of hydrogen-bond acceptors (Lipinski definition) is 2. The zero-order chi connectivity index (χ0) is 15.0. The molecule has 21 heavy (non-hydrogen) atoms. The highest BCUT2D eigenvalue weighted by Gasteiger charge is 2.20. The van der Waals surface area contributed by atoms with Gasteiger partial charge in [-0.1, -0.05) is 29.3 Å². The normalized spacial score (nSPS) is 16.5. The molecule has 2 nitrogen and oxygen atoms in total. The third-order valence-corrected chi connectivity index (χ3v) is 3.86. The molecule has 2 aromatic carbocycles. The lowest BCUT2D eigenvalue weighted by Gasteiger charge is -2.23. The van der Waals surface area contributed by atoms with E-state index in [0.29, 0.717) is 39.0 Å². The van der Waals surface area contributed by atoms with Crippen molar-refractivity contribution >= 4 is 29.3 Å². The van der Waals surface area contributed by atoms with E-state index in [9.17, 15) is 4.39 Å². The monoisotopic (exact) mass is 323 g/mol. The van der Waals surface area contributed by atoms with Crippen LogP contribution in [0.25, 0.3) is 17.2 Å². The lowest BCUT2D eigenvalue weighted by Crippen LogP contribution is -2.26. The fourth-order valence-electron chi connectivity index (χ4n) is 2.30. The fourth-order valence-corrected chi connectivity index (χ4v) is 2.69. The van der Waals surface area contributed by atoms with Gasteiger partial charge in [-0.2, -0.15) is 0 Å². The van der Waals surface area contributed by atoms with Crippen molar-refractivity contribution in [3.8, 4) is 16.9 Å². The number of ether oxygens (including phenoxy) is 1. The van der Waals surface area contributed by atoms with Gasteiger partial charge in [-0.05, 0) is 36.4 Å². The summed E-state index contributed by atoms with van der Waals surface area (Å²) >= 11 is 12.2. The maximum Gasteiger partial charge on any atom is 0.135 e. The Morgan fingerprint density at radius 1 is 1.14 bits per heavy atom. The summed E-state index contributed by atoms with van der Waals surface area (Å²) in [5.41, 5.74) is 7.49. The number of halogens is 3. The summed E-state index contributed by atoms with van der Waals surface area (Å²) in [6, 6.07) is 7.86. The van der Waals surface area contributed by atoms with Crippen LogP contribution in [0, 0.1) is 5.82 Å². The molecule has 2 aromatic rings. The molecule has 0 amide bonds. The summed E-state index contributed by atoms with van der Waals surface area (Å²) in [6.45, 7) is 0.343. The van der Waals surface area contributed by atoms with Crippen molar-refractivity contribution in [3.63, 3.8) is 0 Å². The first kappa shape index (κ1) is 14.4. The number of fused-ring (bicyclic) bond motifs is 1. The largest absolute Gasteiger partial charge is 0.484 e. The van der Waals surface area contributed by atoms with E-state index in [1.807, 2.05) is 6.08 Å². The van der Waals surface area contributed by atoms with Gasteiger partial charge in [0.25, 0.3) is 0 Å². The molecule has 0 aliphatic carbocycles. The van der Waals surface area contributed by atoms with Crippen molar-refractivity contribution in [1.82, 2.24) is 0 Å². The first-order valence-electron chi connectivity index (χ1n) is 6.42. The second kappa shape index (κ2) is 5.68. The van der Waals surface area contributed by atoms with Crippen molar-refractivity contribution in [3.05, 3.63) is 57.8 Å². The molecule has 1 atom stereocenters. The van der Waals surface area contributed by atoms with Crippen LogP contribution in [0.1, 0.15) is 5.56 Å². The van der Waals surface area contributed by atoms with Gasteiger partial charge >= 0.3 is 0 Å². The summed E-state index contributed by atoms with van der Waals surface area (Å²) in [5.74, 6) is 0.206. The van der Waals surface area contributed by atoms with Crippen LogP contribution < -0.4 is 10.5 Å². The Labute approximate surface area is 131 Å². The number of hydrogen-bond donors (Lipinski definition) is 1. The Morgan fingerprint density at radius 2 is 1.95 bits per heavy atom. The third-order valence-electron chi connectivity index (χ3n) is 3.29. The van der Waals surface area contributed by atoms with Crippen LogP contribution in [0.5, 0.6) is 5.75 Å². The Bertz CT molecular complexity index is 730. The minimum atomic E-state index is -0.362. The lowest BCUT2D eigenvalue weighted by molar-refractivity contribution is 0.254. The zero-order valence-electron chi connectivity index (χ0n) is 10.9. The molecule has 108 valence electrons. The van der Waals surface area contributed by atoms with E-state index in [1.54, 1.807) is 24.3 Å². The highest BCUT2D eigenvalue weighted by molar-refractivity contribution is 6.35. The average Bonchev–Trinajstić information content (AvgIpc) is 2.48. The van der Waals surface area contributed by atoms with Crippen LogP contribution >= 0.6 is 23.2 Å². The minimum Gasteiger partial charge on any atom is -0.484 e. The zero-order valence-corrected chi connectivity index (χ0v) is 12.5. The summed E-state index contributed by atoms with van der Waals surface area (Å²) in [4.78, 5) is 0. The molecule has 1 heterocycles. The highest BCUT2D eigenvalue weighted by Crippen LogP contribution is 2.41. The Balaban J connectivity index is 2.22. The minimum absolute atomic E-state index is 0.236. The topological polar surface area (TPSA) is 35.2 Å². The summed E-state index contributed by atoms with van der Waals surface area (Å²) in [6.07, 6.45) is 3.38. The Hall–Kier alpha value is -1.55. The van der Waals surface area contributed by atoms with Crippen LogP contribution in [0.3, 0.4) is 0 Å². The van der Waals surface area contributed by atoms with Gasteiger partial charge in [0, 0.05) is 33.3 Å². The first-order valence-corrected chi connectivity index (χ1v) is 7.18. The maximum atomic E-state index is 13.9. The van der Waals surface area contributed by atoms with E-state index in [1.165, 1.54) is 12.1 Å². The quantitative estimate of drug-likeness (QED) is 0.881. The van der Waals surface area contributed by atoms with E-state index in [0.717, 1.165) is 0 Å². The van der Waals surface area contributed by atoms with Gasteiger partial charge in [0.1, 0.15) is 17.7 Å².